The SMILES string of the molecule is Cc1ccc(C(=O)Nc2ccc(F)c(C(F)(F)F)c2)cc1NC(=O)C=Cc1cccnc1. The van der Waals surface area contributed by atoms with E-state index in [2.05, 4.69) is 15.6 Å². The highest BCUT2D eigenvalue weighted by Crippen LogP contribution is 2.33. The monoisotopic (exact) mass is 443 g/mol. The molecule has 1 aromatic heterocycles. The lowest BCUT2D eigenvalue weighted by atomic mass is 10.1. The highest BCUT2D eigenvalue weighted by atomic mass is 19.4. The largest absolute Gasteiger partial charge is 0.419 e. The topological polar surface area (TPSA) is 71.1 Å². The van der Waals surface area contributed by atoms with E-state index >= 15 is 0 Å². The van der Waals surface area contributed by atoms with Gasteiger partial charge in [0, 0.05) is 35.4 Å². The summed E-state index contributed by atoms with van der Waals surface area (Å²) in [5.41, 5.74) is 0.159. The number of aromatic nitrogens is 1. The van der Waals surface area contributed by atoms with Crippen LogP contribution >= 0.6 is 0 Å². The minimum atomic E-state index is -4.89. The number of amides is 2. The molecule has 0 spiro atoms. The Morgan fingerprint density at radius 2 is 1.81 bits per heavy atom. The summed E-state index contributed by atoms with van der Waals surface area (Å²) in [6, 6.07) is 10.1. The number of aryl methyl sites for hydroxylation is 1. The van der Waals surface area contributed by atoms with E-state index in [0.29, 0.717) is 23.4 Å². The van der Waals surface area contributed by atoms with Gasteiger partial charge in [0.25, 0.3) is 5.91 Å². The Bertz CT molecular complexity index is 1180. The van der Waals surface area contributed by atoms with Gasteiger partial charge in [-0.25, -0.2) is 4.39 Å². The van der Waals surface area contributed by atoms with Gasteiger partial charge >= 0.3 is 6.18 Å². The molecule has 9 heteroatoms. The Kier molecular flexibility index (Phi) is 6.67. The normalized spacial score (nSPS) is 11.4. The second-order valence-electron chi connectivity index (χ2n) is 6.79. The van der Waals surface area contributed by atoms with Crippen LogP contribution in [0.15, 0.2) is 67.0 Å². The average molecular weight is 443 g/mol. The molecule has 164 valence electrons. The third kappa shape index (κ3) is 5.78. The lowest BCUT2D eigenvalue weighted by Crippen LogP contribution is -2.15. The van der Waals surface area contributed by atoms with E-state index in [1.165, 1.54) is 18.2 Å². The molecule has 0 bridgehead atoms. The number of carbonyl (C=O) groups is 2. The second kappa shape index (κ2) is 9.42. The Balaban J connectivity index is 1.74. The van der Waals surface area contributed by atoms with Crippen LogP contribution in [0.2, 0.25) is 0 Å². The van der Waals surface area contributed by atoms with Crippen molar-refractivity contribution in [1.29, 1.82) is 0 Å². The fourth-order valence-electron chi connectivity index (χ4n) is 2.74. The van der Waals surface area contributed by atoms with Crippen molar-refractivity contribution in [3.63, 3.8) is 0 Å². The van der Waals surface area contributed by atoms with Gasteiger partial charge in [0.1, 0.15) is 5.82 Å². The molecule has 2 amide bonds. The Morgan fingerprint density at radius 1 is 1.03 bits per heavy atom. The first kappa shape index (κ1) is 22.7. The van der Waals surface area contributed by atoms with Gasteiger partial charge in [-0.05, 0) is 60.5 Å². The highest BCUT2D eigenvalue weighted by molar-refractivity contribution is 6.07. The number of benzene rings is 2. The smallest absolute Gasteiger partial charge is 0.322 e. The summed E-state index contributed by atoms with van der Waals surface area (Å²) in [4.78, 5) is 28.7. The fraction of sp³-hybridized carbons (Fsp3) is 0.0870. The Labute approximate surface area is 180 Å². The number of pyridine rings is 1. The molecule has 2 aromatic carbocycles. The van der Waals surface area contributed by atoms with E-state index < -0.39 is 29.4 Å². The second-order valence-corrected chi connectivity index (χ2v) is 6.79. The van der Waals surface area contributed by atoms with Crippen molar-refractivity contribution in [2.24, 2.45) is 0 Å². The molecule has 1 heterocycles. The van der Waals surface area contributed by atoms with Crippen LogP contribution in [0.3, 0.4) is 0 Å². The van der Waals surface area contributed by atoms with Crippen LogP contribution in [0, 0.1) is 12.7 Å². The molecule has 0 aliphatic rings. The van der Waals surface area contributed by atoms with Crippen molar-refractivity contribution in [2.75, 3.05) is 10.6 Å². The van der Waals surface area contributed by atoms with E-state index in [1.807, 2.05) is 0 Å². The van der Waals surface area contributed by atoms with Crippen LogP contribution in [0.5, 0.6) is 0 Å². The molecule has 2 N–H and O–H groups in total. The van der Waals surface area contributed by atoms with Crippen LogP contribution in [0.1, 0.15) is 27.0 Å². The maximum absolute atomic E-state index is 13.4. The standard InChI is InChI=1S/C23H17F4N3O2/c1-14-4-6-16(11-20(14)30-21(31)9-5-15-3-2-10-28-13-15)22(32)29-17-7-8-19(24)18(12-17)23(25,26)27/h2-13H,1H3,(H,29,32)(H,30,31). The third-order valence-corrected chi connectivity index (χ3v) is 4.40. The first-order valence-electron chi connectivity index (χ1n) is 9.31. The summed E-state index contributed by atoms with van der Waals surface area (Å²) in [5, 5.41) is 4.96. The van der Waals surface area contributed by atoms with Crippen molar-refractivity contribution in [3.8, 4) is 0 Å². The number of anilines is 2. The van der Waals surface area contributed by atoms with Crippen molar-refractivity contribution in [1.82, 2.24) is 4.98 Å². The molecule has 3 aromatic rings. The van der Waals surface area contributed by atoms with Crippen LogP contribution in [0.4, 0.5) is 28.9 Å². The minimum Gasteiger partial charge on any atom is -0.322 e. The molecule has 0 atom stereocenters. The molecule has 0 saturated carbocycles. The average Bonchev–Trinajstić information content (AvgIpc) is 2.75. The van der Waals surface area contributed by atoms with Gasteiger partial charge in [-0.3, -0.25) is 14.6 Å². The molecular weight excluding hydrogens is 426 g/mol. The number of nitrogens with zero attached hydrogens (tertiary/aromatic N) is 1. The fourth-order valence-corrected chi connectivity index (χ4v) is 2.74. The number of hydrogen-bond acceptors (Lipinski definition) is 3. The third-order valence-electron chi connectivity index (χ3n) is 4.40. The summed E-state index contributed by atoms with van der Waals surface area (Å²) >= 11 is 0. The number of rotatable bonds is 5. The van der Waals surface area contributed by atoms with Gasteiger partial charge in [0.05, 0.1) is 5.56 Å². The summed E-state index contributed by atoms with van der Waals surface area (Å²) < 4.78 is 52.1. The highest BCUT2D eigenvalue weighted by Gasteiger charge is 2.34. The zero-order chi connectivity index (χ0) is 23.3. The van der Waals surface area contributed by atoms with E-state index in [0.717, 1.165) is 11.6 Å². The van der Waals surface area contributed by atoms with Crippen molar-refractivity contribution in [2.45, 2.75) is 13.1 Å². The zero-order valence-electron chi connectivity index (χ0n) is 16.7. The lowest BCUT2D eigenvalue weighted by Gasteiger charge is -2.12. The quantitative estimate of drug-likeness (QED) is 0.407. The van der Waals surface area contributed by atoms with Gasteiger partial charge in [0.15, 0.2) is 0 Å². The van der Waals surface area contributed by atoms with E-state index in [9.17, 15) is 27.2 Å². The molecule has 0 aliphatic carbocycles. The van der Waals surface area contributed by atoms with Gasteiger partial charge in [-0.2, -0.15) is 13.2 Å². The molecule has 0 radical (unpaired) electrons. The summed E-state index contributed by atoms with van der Waals surface area (Å²) in [6.07, 6.45) is 1.17. The molecule has 3 rings (SSSR count). The van der Waals surface area contributed by atoms with E-state index in [4.69, 9.17) is 0 Å². The summed E-state index contributed by atoms with van der Waals surface area (Å²) in [5.74, 6) is -2.59. The summed E-state index contributed by atoms with van der Waals surface area (Å²) in [6.45, 7) is 1.72. The van der Waals surface area contributed by atoms with E-state index in [1.54, 1.807) is 43.6 Å². The first-order chi connectivity index (χ1) is 15.1. The minimum absolute atomic E-state index is 0.0972. The van der Waals surface area contributed by atoms with Crippen LogP contribution in [0.25, 0.3) is 6.08 Å². The van der Waals surface area contributed by atoms with Gasteiger partial charge in [0.2, 0.25) is 5.91 Å². The maximum atomic E-state index is 13.4. The number of alkyl halides is 3. The van der Waals surface area contributed by atoms with Crippen LogP contribution in [-0.2, 0) is 11.0 Å². The number of nitrogens with one attached hydrogen (secondary N) is 2. The molecule has 5 nitrogen and oxygen atoms in total. The molecule has 0 unspecified atom stereocenters. The molecule has 0 aliphatic heterocycles. The first-order valence-corrected chi connectivity index (χ1v) is 9.31. The van der Waals surface area contributed by atoms with Crippen LogP contribution < -0.4 is 10.6 Å². The number of halogens is 4. The number of hydrogen-bond donors (Lipinski definition) is 2. The predicted octanol–water partition coefficient (Wildman–Crippen LogP) is 5.45. The van der Waals surface area contributed by atoms with Crippen molar-refractivity contribution >= 4 is 29.3 Å². The van der Waals surface area contributed by atoms with Crippen molar-refractivity contribution < 1.29 is 27.2 Å². The zero-order valence-corrected chi connectivity index (χ0v) is 16.7. The van der Waals surface area contributed by atoms with Crippen LogP contribution in [-0.4, -0.2) is 16.8 Å². The maximum Gasteiger partial charge on any atom is 0.419 e. The van der Waals surface area contributed by atoms with Gasteiger partial charge < -0.3 is 10.6 Å². The molecular formula is C23H17F4N3O2. The molecule has 32 heavy (non-hydrogen) atoms. The lowest BCUT2D eigenvalue weighted by molar-refractivity contribution is -0.139. The van der Waals surface area contributed by atoms with E-state index in [-0.39, 0.29) is 11.3 Å². The summed E-state index contributed by atoms with van der Waals surface area (Å²) in [7, 11) is 0. The predicted molar refractivity (Wildman–Crippen MR) is 112 cm³/mol. The Hall–Kier alpha value is -4.01. The van der Waals surface area contributed by atoms with Gasteiger partial charge in [-0.15, -0.1) is 0 Å². The molecule has 0 fully saturated rings. The molecule has 0 saturated heterocycles. The Morgan fingerprint density at radius 3 is 2.50 bits per heavy atom. The van der Waals surface area contributed by atoms with Gasteiger partial charge in [-0.1, -0.05) is 12.1 Å². The van der Waals surface area contributed by atoms with Crippen molar-refractivity contribution in [3.05, 3.63) is 95.1 Å². The number of carbonyl (C=O) groups excluding carboxylic acids is 2.